The summed E-state index contributed by atoms with van der Waals surface area (Å²) in [7, 11) is 2.23. The van der Waals surface area contributed by atoms with Gasteiger partial charge in [-0.05, 0) is 102 Å². The van der Waals surface area contributed by atoms with Gasteiger partial charge >= 0.3 is 0 Å². The van der Waals surface area contributed by atoms with Gasteiger partial charge in [0, 0.05) is 19.1 Å². The van der Waals surface area contributed by atoms with Gasteiger partial charge in [0.05, 0.1) is 0 Å². The third kappa shape index (κ3) is 4.63. The average Bonchev–Trinajstić information content (AvgIpc) is 2.91. The molecule has 4 aliphatic carbocycles. The first-order chi connectivity index (χ1) is 13.1. The van der Waals surface area contributed by atoms with Crippen LogP contribution in [-0.2, 0) is 0 Å². The lowest BCUT2D eigenvalue weighted by Crippen LogP contribution is -2.61. The fourth-order valence-corrected chi connectivity index (χ4v) is 7.00. The SMILES string of the molecule is CN(C(N)=NCCCCCN1CCCCCC1)C12CC3CC(CC(C3)C1)C2. The maximum atomic E-state index is 6.46. The van der Waals surface area contributed by atoms with E-state index in [1.165, 1.54) is 103 Å². The van der Waals surface area contributed by atoms with E-state index in [9.17, 15) is 0 Å². The molecule has 1 aliphatic heterocycles. The van der Waals surface area contributed by atoms with Gasteiger partial charge in [0.1, 0.15) is 0 Å². The van der Waals surface area contributed by atoms with Crippen LogP contribution in [0.1, 0.15) is 83.5 Å². The maximum Gasteiger partial charge on any atom is 0.191 e. The molecule has 1 saturated heterocycles. The maximum absolute atomic E-state index is 6.46. The molecule has 0 aromatic rings. The van der Waals surface area contributed by atoms with Crippen molar-refractivity contribution in [3.63, 3.8) is 0 Å². The highest BCUT2D eigenvalue weighted by Gasteiger charge is 2.53. The second-order valence-corrected chi connectivity index (χ2v) is 10.3. The van der Waals surface area contributed by atoms with E-state index in [0.29, 0.717) is 5.54 Å². The van der Waals surface area contributed by atoms with E-state index >= 15 is 0 Å². The molecule has 0 radical (unpaired) electrons. The van der Waals surface area contributed by atoms with Crippen molar-refractivity contribution in [1.82, 2.24) is 9.80 Å². The van der Waals surface area contributed by atoms with Gasteiger partial charge in [0.2, 0.25) is 0 Å². The largest absolute Gasteiger partial charge is 0.370 e. The lowest BCUT2D eigenvalue weighted by atomic mass is 9.52. The third-order valence-corrected chi connectivity index (χ3v) is 8.17. The Balaban J connectivity index is 1.18. The second-order valence-electron chi connectivity index (χ2n) is 10.3. The Kier molecular flexibility index (Phi) is 6.31. The van der Waals surface area contributed by atoms with Gasteiger partial charge in [-0.1, -0.05) is 19.3 Å². The molecule has 0 amide bonds. The minimum Gasteiger partial charge on any atom is -0.370 e. The van der Waals surface area contributed by atoms with Crippen molar-refractivity contribution in [2.75, 3.05) is 33.2 Å². The van der Waals surface area contributed by atoms with Crippen LogP contribution in [0, 0.1) is 17.8 Å². The number of likely N-dealkylation sites (tertiary alicyclic amines) is 1. The average molecular weight is 375 g/mol. The van der Waals surface area contributed by atoms with Crippen LogP contribution in [-0.4, -0.2) is 54.5 Å². The van der Waals surface area contributed by atoms with E-state index in [0.717, 1.165) is 30.3 Å². The Hall–Kier alpha value is -0.770. The van der Waals surface area contributed by atoms with Crippen molar-refractivity contribution in [2.24, 2.45) is 28.5 Å². The molecule has 5 rings (SSSR count). The summed E-state index contributed by atoms with van der Waals surface area (Å²) in [5.74, 6) is 3.70. The molecule has 4 nitrogen and oxygen atoms in total. The van der Waals surface area contributed by atoms with E-state index in [1.54, 1.807) is 0 Å². The Morgan fingerprint density at radius 1 is 0.926 bits per heavy atom. The summed E-state index contributed by atoms with van der Waals surface area (Å²) in [6.07, 6.45) is 18.0. The van der Waals surface area contributed by atoms with Crippen molar-refractivity contribution in [3.05, 3.63) is 0 Å². The summed E-state index contributed by atoms with van der Waals surface area (Å²) in [4.78, 5) is 9.86. The molecule has 154 valence electrons. The highest BCUT2D eigenvalue weighted by Crippen LogP contribution is 2.57. The minimum atomic E-state index is 0.342. The van der Waals surface area contributed by atoms with Crippen LogP contribution in [0.3, 0.4) is 0 Å². The van der Waals surface area contributed by atoms with E-state index < -0.39 is 0 Å². The lowest BCUT2D eigenvalue weighted by Gasteiger charge is -2.60. The van der Waals surface area contributed by atoms with Crippen molar-refractivity contribution in [1.29, 1.82) is 0 Å². The normalized spacial score (nSPS) is 36.8. The lowest BCUT2D eigenvalue weighted by molar-refractivity contribution is -0.0550. The molecule has 4 bridgehead atoms. The molecular weight excluding hydrogens is 332 g/mol. The number of hydrogen-bond acceptors (Lipinski definition) is 2. The molecule has 4 heteroatoms. The first-order valence-electron chi connectivity index (χ1n) is 11.9. The van der Waals surface area contributed by atoms with Gasteiger partial charge < -0.3 is 15.5 Å². The number of hydrogen-bond donors (Lipinski definition) is 1. The number of nitrogens with zero attached hydrogens (tertiary/aromatic N) is 3. The molecule has 2 N–H and O–H groups in total. The minimum absolute atomic E-state index is 0.342. The van der Waals surface area contributed by atoms with E-state index in [1.807, 2.05) is 0 Å². The Morgan fingerprint density at radius 2 is 1.52 bits per heavy atom. The topological polar surface area (TPSA) is 44.9 Å². The summed E-state index contributed by atoms with van der Waals surface area (Å²) >= 11 is 0. The molecule has 27 heavy (non-hydrogen) atoms. The Labute approximate surface area is 166 Å². The zero-order valence-corrected chi connectivity index (χ0v) is 17.7. The molecule has 1 heterocycles. The van der Waals surface area contributed by atoms with Crippen LogP contribution in [0.5, 0.6) is 0 Å². The van der Waals surface area contributed by atoms with Crippen LogP contribution in [0.25, 0.3) is 0 Å². The van der Waals surface area contributed by atoms with Crippen LogP contribution >= 0.6 is 0 Å². The molecule has 0 aromatic carbocycles. The van der Waals surface area contributed by atoms with Gasteiger partial charge in [0.15, 0.2) is 5.96 Å². The summed E-state index contributed by atoms with van der Waals surface area (Å²) in [6, 6.07) is 0. The first-order valence-corrected chi connectivity index (χ1v) is 11.9. The number of aliphatic imine (C=N–C) groups is 1. The third-order valence-electron chi connectivity index (χ3n) is 8.17. The molecule has 5 aliphatic rings. The summed E-state index contributed by atoms with van der Waals surface area (Å²) < 4.78 is 0. The molecule has 0 aromatic heterocycles. The molecular formula is C23H42N4. The second kappa shape index (κ2) is 8.71. The van der Waals surface area contributed by atoms with Crippen molar-refractivity contribution >= 4 is 5.96 Å². The summed E-state index contributed by atoms with van der Waals surface area (Å²) in [5, 5.41) is 0. The van der Waals surface area contributed by atoms with Crippen molar-refractivity contribution in [2.45, 2.75) is 89.0 Å². The van der Waals surface area contributed by atoms with Gasteiger partial charge in [-0.3, -0.25) is 4.99 Å². The van der Waals surface area contributed by atoms with Gasteiger partial charge in [-0.25, -0.2) is 0 Å². The highest BCUT2D eigenvalue weighted by atomic mass is 15.3. The van der Waals surface area contributed by atoms with Gasteiger partial charge in [0.25, 0.3) is 0 Å². The monoisotopic (exact) mass is 374 g/mol. The van der Waals surface area contributed by atoms with E-state index in [2.05, 4.69) is 16.8 Å². The quantitative estimate of drug-likeness (QED) is 0.412. The van der Waals surface area contributed by atoms with Crippen molar-refractivity contribution < 1.29 is 0 Å². The predicted octanol–water partition coefficient (Wildman–Crippen LogP) is 4.25. The van der Waals surface area contributed by atoms with Crippen LogP contribution in [0.4, 0.5) is 0 Å². The fourth-order valence-electron chi connectivity index (χ4n) is 7.00. The Bertz CT molecular complexity index is 471. The predicted molar refractivity (Wildman–Crippen MR) is 114 cm³/mol. The molecule has 0 unspecified atom stereocenters. The highest BCUT2D eigenvalue weighted by molar-refractivity contribution is 5.78. The van der Waals surface area contributed by atoms with E-state index in [-0.39, 0.29) is 0 Å². The summed E-state index contributed by atoms with van der Waals surface area (Å²) in [5.41, 5.74) is 6.80. The molecule has 4 saturated carbocycles. The van der Waals surface area contributed by atoms with E-state index in [4.69, 9.17) is 10.7 Å². The zero-order chi connectivity index (χ0) is 18.7. The smallest absolute Gasteiger partial charge is 0.191 e. The first kappa shape index (κ1) is 19.5. The zero-order valence-electron chi connectivity index (χ0n) is 17.7. The van der Waals surface area contributed by atoms with Gasteiger partial charge in [-0.2, -0.15) is 0 Å². The number of guanidine groups is 1. The Morgan fingerprint density at radius 3 is 2.11 bits per heavy atom. The summed E-state index contributed by atoms with van der Waals surface area (Å²) in [6.45, 7) is 4.83. The standard InChI is InChI=1S/C23H42N4/c1-26(23-16-19-13-20(17-23)15-21(14-19)18-23)22(24)25-9-5-4-8-12-27-10-6-2-3-7-11-27/h19-21H,2-18H2,1H3,(H2,24,25). The molecule has 5 fully saturated rings. The number of rotatable bonds is 7. The fraction of sp³-hybridized carbons (Fsp3) is 0.957. The van der Waals surface area contributed by atoms with Crippen LogP contribution < -0.4 is 5.73 Å². The van der Waals surface area contributed by atoms with Crippen LogP contribution in [0.15, 0.2) is 4.99 Å². The van der Waals surface area contributed by atoms with Gasteiger partial charge in [-0.15, -0.1) is 0 Å². The molecule has 0 atom stereocenters. The van der Waals surface area contributed by atoms with Crippen LogP contribution in [0.2, 0.25) is 0 Å². The number of unbranched alkanes of at least 4 members (excludes halogenated alkanes) is 2. The number of nitrogens with two attached hydrogens (primary N) is 1. The van der Waals surface area contributed by atoms with Crippen molar-refractivity contribution in [3.8, 4) is 0 Å². The molecule has 0 spiro atoms.